The van der Waals surface area contributed by atoms with Gasteiger partial charge in [0.15, 0.2) is 6.10 Å². The van der Waals surface area contributed by atoms with Gasteiger partial charge in [-0.2, -0.15) is 5.48 Å². The van der Waals surface area contributed by atoms with Crippen molar-refractivity contribution in [2.75, 3.05) is 0 Å². The van der Waals surface area contributed by atoms with Crippen LogP contribution in [0.4, 0.5) is 4.79 Å². The third-order valence-corrected chi connectivity index (χ3v) is 2.73. The lowest BCUT2D eigenvalue weighted by molar-refractivity contribution is -0.176. The number of carbonyl (C=O) groups excluding carboxylic acids is 2. The van der Waals surface area contributed by atoms with Gasteiger partial charge in [0.2, 0.25) is 0 Å². The van der Waals surface area contributed by atoms with Crippen LogP contribution in [0.25, 0.3) is 0 Å². The van der Waals surface area contributed by atoms with E-state index in [1.165, 1.54) is 0 Å². The lowest BCUT2D eigenvalue weighted by atomic mass is 10.1. The molecule has 0 heterocycles. The second-order valence-corrected chi connectivity index (χ2v) is 6.48. The van der Waals surface area contributed by atoms with Gasteiger partial charge >= 0.3 is 12.1 Å². The van der Waals surface area contributed by atoms with E-state index in [0.717, 1.165) is 5.56 Å². The maximum atomic E-state index is 12.1. The number of rotatable bonds is 6. The van der Waals surface area contributed by atoms with Crippen LogP contribution in [-0.4, -0.2) is 23.8 Å². The van der Waals surface area contributed by atoms with Crippen LogP contribution in [-0.2, 0) is 25.7 Å². The molecule has 1 rings (SSSR count). The summed E-state index contributed by atoms with van der Waals surface area (Å²) in [6, 6.07) is 9.26. The third-order valence-electron chi connectivity index (χ3n) is 2.73. The number of ether oxygens (including phenoxy) is 2. The van der Waals surface area contributed by atoms with Crippen molar-refractivity contribution in [2.24, 2.45) is 5.92 Å². The van der Waals surface area contributed by atoms with Gasteiger partial charge in [0, 0.05) is 0 Å². The molecule has 0 aliphatic heterocycles. The summed E-state index contributed by atoms with van der Waals surface area (Å²) in [4.78, 5) is 28.9. The van der Waals surface area contributed by atoms with Gasteiger partial charge in [0.1, 0.15) is 12.2 Å². The van der Waals surface area contributed by atoms with Crippen LogP contribution in [0.1, 0.15) is 40.2 Å². The van der Waals surface area contributed by atoms with Crippen molar-refractivity contribution in [3.8, 4) is 0 Å². The fraction of sp³-hybridized carbons (Fsp3) is 0.529. The van der Waals surface area contributed by atoms with Crippen LogP contribution in [0.15, 0.2) is 30.3 Å². The van der Waals surface area contributed by atoms with E-state index in [2.05, 4.69) is 5.48 Å². The minimum Gasteiger partial charge on any atom is -0.458 e. The number of nitrogens with one attached hydrogen (secondary N) is 1. The summed E-state index contributed by atoms with van der Waals surface area (Å²) in [6.45, 7) is 9.02. The first-order valence-corrected chi connectivity index (χ1v) is 7.54. The highest BCUT2D eigenvalue weighted by molar-refractivity contribution is 5.75. The molecule has 0 fully saturated rings. The SMILES string of the molecule is CC(C)[C@@H](ONC(=O)OCc1ccccc1)C(=O)OC(C)(C)C. The Kier molecular flexibility index (Phi) is 7.03. The largest absolute Gasteiger partial charge is 0.458 e. The summed E-state index contributed by atoms with van der Waals surface area (Å²) >= 11 is 0. The number of amides is 1. The molecule has 0 bridgehead atoms. The fourth-order valence-electron chi connectivity index (χ4n) is 1.68. The van der Waals surface area contributed by atoms with Crippen molar-refractivity contribution in [1.29, 1.82) is 0 Å². The van der Waals surface area contributed by atoms with Crippen LogP contribution in [0, 0.1) is 5.92 Å². The van der Waals surface area contributed by atoms with Crippen molar-refractivity contribution in [2.45, 2.75) is 52.9 Å². The van der Waals surface area contributed by atoms with E-state index >= 15 is 0 Å². The van der Waals surface area contributed by atoms with Crippen LogP contribution in [0.2, 0.25) is 0 Å². The molecule has 1 aromatic rings. The van der Waals surface area contributed by atoms with E-state index in [9.17, 15) is 9.59 Å². The summed E-state index contributed by atoms with van der Waals surface area (Å²) in [7, 11) is 0. The molecule has 0 aliphatic rings. The van der Waals surface area contributed by atoms with Gasteiger partial charge in [-0.25, -0.2) is 9.59 Å². The average molecular weight is 323 g/mol. The second-order valence-electron chi connectivity index (χ2n) is 6.48. The zero-order valence-corrected chi connectivity index (χ0v) is 14.3. The second kappa shape index (κ2) is 8.53. The molecule has 0 unspecified atom stereocenters. The first-order valence-electron chi connectivity index (χ1n) is 7.54. The molecule has 23 heavy (non-hydrogen) atoms. The molecule has 6 nitrogen and oxygen atoms in total. The highest BCUT2D eigenvalue weighted by Crippen LogP contribution is 2.14. The smallest absolute Gasteiger partial charge is 0.431 e. The lowest BCUT2D eigenvalue weighted by Gasteiger charge is -2.25. The molecular weight excluding hydrogens is 298 g/mol. The van der Waals surface area contributed by atoms with Gasteiger partial charge < -0.3 is 9.47 Å². The van der Waals surface area contributed by atoms with E-state index in [1.54, 1.807) is 34.6 Å². The van der Waals surface area contributed by atoms with Crippen LogP contribution in [0.3, 0.4) is 0 Å². The molecule has 6 heteroatoms. The first kappa shape index (κ1) is 19.0. The fourth-order valence-corrected chi connectivity index (χ4v) is 1.68. The van der Waals surface area contributed by atoms with E-state index in [-0.39, 0.29) is 12.5 Å². The molecule has 128 valence electrons. The summed E-state index contributed by atoms with van der Waals surface area (Å²) in [5, 5.41) is 0. The zero-order valence-electron chi connectivity index (χ0n) is 14.3. The zero-order chi connectivity index (χ0) is 17.5. The number of hydrogen-bond acceptors (Lipinski definition) is 5. The predicted octanol–water partition coefficient (Wildman–Crippen LogP) is 3.21. The third kappa shape index (κ3) is 7.65. The van der Waals surface area contributed by atoms with Crippen molar-refractivity contribution >= 4 is 12.1 Å². The number of carbonyl (C=O) groups is 2. The summed E-state index contributed by atoms with van der Waals surface area (Å²) < 4.78 is 10.3. The van der Waals surface area contributed by atoms with E-state index < -0.39 is 23.8 Å². The maximum Gasteiger partial charge on any atom is 0.431 e. The molecule has 0 aliphatic carbocycles. The molecule has 1 amide bonds. The van der Waals surface area contributed by atoms with Crippen LogP contribution >= 0.6 is 0 Å². The Balaban J connectivity index is 2.45. The monoisotopic (exact) mass is 323 g/mol. The normalized spacial score (nSPS) is 12.6. The molecule has 0 saturated heterocycles. The highest BCUT2D eigenvalue weighted by Gasteiger charge is 2.29. The number of hydrogen-bond donors (Lipinski definition) is 1. The minimum absolute atomic E-state index is 0.120. The quantitative estimate of drug-likeness (QED) is 0.643. The van der Waals surface area contributed by atoms with E-state index in [0.29, 0.717) is 0 Å². The van der Waals surface area contributed by atoms with Gasteiger partial charge in [-0.15, -0.1) is 0 Å². The Morgan fingerprint density at radius 1 is 1.13 bits per heavy atom. The molecule has 0 aromatic heterocycles. The molecule has 1 aromatic carbocycles. The standard InChI is InChI=1S/C17H25NO5/c1-12(2)14(15(19)22-17(3,4)5)23-18-16(20)21-11-13-9-7-6-8-10-13/h6-10,12,14H,11H2,1-5H3,(H,18,20)/t14-/m1/s1. The Labute approximate surface area is 137 Å². The van der Waals surface area contributed by atoms with Gasteiger partial charge in [-0.1, -0.05) is 44.2 Å². The van der Waals surface area contributed by atoms with Crippen molar-refractivity contribution in [3.05, 3.63) is 35.9 Å². The maximum absolute atomic E-state index is 12.1. The van der Waals surface area contributed by atoms with Crippen molar-refractivity contribution in [3.63, 3.8) is 0 Å². The Morgan fingerprint density at radius 3 is 2.26 bits per heavy atom. The summed E-state index contributed by atoms with van der Waals surface area (Å²) in [5.74, 6) is -0.699. The van der Waals surface area contributed by atoms with Gasteiger partial charge in [-0.3, -0.25) is 4.84 Å². The van der Waals surface area contributed by atoms with Gasteiger partial charge in [0.05, 0.1) is 0 Å². The van der Waals surface area contributed by atoms with Crippen LogP contribution in [0.5, 0.6) is 0 Å². The Morgan fingerprint density at radius 2 is 1.74 bits per heavy atom. The molecular formula is C17H25NO5. The van der Waals surface area contributed by atoms with Crippen LogP contribution < -0.4 is 5.48 Å². The summed E-state index contributed by atoms with van der Waals surface area (Å²) in [5.41, 5.74) is 2.37. The first-order chi connectivity index (χ1) is 10.7. The Bertz CT molecular complexity index is 507. The van der Waals surface area contributed by atoms with Gasteiger partial charge in [0.25, 0.3) is 0 Å². The highest BCUT2D eigenvalue weighted by atomic mass is 16.7. The average Bonchev–Trinajstić information content (AvgIpc) is 2.44. The van der Waals surface area contributed by atoms with Gasteiger partial charge in [-0.05, 0) is 32.3 Å². The molecule has 0 saturated carbocycles. The Hall–Kier alpha value is -2.08. The molecule has 0 radical (unpaired) electrons. The van der Waals surface area contributed by atoms with E-state index in [1.807, 2.05) is 30.3 Å². The summed E-state index contributed by atoms with van der Waals surface area (Å²) in [6.07, 6.45) is -1.67. The van der Waals surface area contributed by atoms with E-state index in [4.69, 9.17) is 14.3 Å². The number of benzene rings is 1. The topological polar surface area (TPSA) is 73.9 Å². The van der Waals surface area contributed by atoms with Crippen molar-refractivity contribution in [1.82, 2.24) is 5.48 Å². The minimum atomic E-state index is -0.904. The van der Waals surface area contributed by atoms with Crippen molar-refractivity contribution < 1.29 is 23.9 Å². The molecule has 0 spiro atoms. The number of esters is 1. The predicted molar refractivity (Wildman–Crippen MR) is 85.3 cm³/mol. The number of hydroxylamine groups is 1. The molecule has 1 N–H and O–H groups in total. The lowest BCUT2D eigenvalue weighted by Crippen LogP contribution is -2.41. The molecule has 1 atom stereocenters.